The molecule has 128 valence electrons. The van der Waals surface area contributed by atoms with Crippen LogP contribution in [0, 0.1) is 6.92 Å². The molecule has 0 saturated carbocycles. The van der Waals surface area contributed by atoms with Crippen molar-refractivity contribution < 1.29 is 4.79 Å². The summed E-state index contributed by atoms with van der Waals surface area (Å²) in [5.41, 5.74) is 3.40. The van der Waals surface area contributed by atoms with Crippen molar-refractivity contribution in [3.8, 4) is 0 Å². The maximum atomic E-state index is 12.5. The van der Waals surface area contributed by atoms with Gasteiger partial charge in [0.15, 0.2) is 0 Å². The third-order valence-corrected chi connectivity index (χ3v) is 4.94. The van der Waals surface area contributed by atoms with Crippen LogP contribution in [0.4, 0.5) is 0 Å². The van der Waals surface area contributed by atoms with Crippen molar-refractivity contribution in [1.82, 2.24) is 15.1 Å². The first-order valence-corrected chi connectivity index (χ1v) is 9.04. The van der Waals surface area contributed by atoms with Crippen LogP contribution in [-0.4, -0.2) is 34.1 Å². The Kier molecular flexibility index (Phi) is 5.56. The van der Waals surface area contributed by atoms with E-state index in [0.29, 0.717) is 12.3 Å². The standard InChI is InChI=1S/C19H24ClN3O/c1-14-12-18(22-21-14)16-5-3-11-23(13-16)19(24)6-2-4-15-7-9-17(20)10-8-15/h7-10,12,16H,2-6,11,13H2,1H3,(H,21,22)/t16-/m0/s1. The number of halogens is 1. The van der Waals surface area contributed by atoms with Crippen LogP contribution >= 0.6 is 11.6 Å². The second-order valence-electron chi connectivity index (χ2n) is 6.63. The van der Waals surface area contributed by atoms with Gasteiger partial charge in [-0.25, -0.2) is 0 Å². The zero-order valence-corrected chi connectivity index (χ0v) is 14.9. The molecule has 0 bridgehead atoms. The van der Waals surface area contributed by atoms with Crippen molar-refractivity contribution >= 4 is 17.5 Å². The Labute approximate surface area is 148 Å². The number of carbonyl (C=O) groups excluding carboxylic acids is 1. The summed E-state index contributed by atoms with van der Waals surface area (Å²) >= 11 is 5.90. The molecule has 4 nitrogen and oxygen atoms in total. The number of hydrogen-bond donors (Lipinski definition) is 1. The van der Waals surface area contributed by atoms with Gasteiger partial charge in [-0.1, -0.05) is 23.7 Å². The van der Waals surface area contributed by atoms with Crippen molar-refractivity contribution in [1.29, 1.82) is 0 Å². The Morgan fingerprint density at radius 1 is 1.38 bits per heavy atom. The lowest BCUT2D eigenvalue weighted by molar-refractivity contribution is -0.132. The number of likely N-dealkylation sites (tertiary alicyclic amines) is 1. The molecule has 2 aromatic rings. The third-order valence-electron chi connectivity index (χ3n) is 4.69. The van der Waals surface area contributed by atoms with Crippen LogP contribution < -0.4 is 0 Å². The Bertz CT molecular complexity index is 680. The monoisotopic (exact) mass is 345 g/mol. The lowest BCUT2D eigenvalue weighted by Gasteiger charge is -2.32. The fraction of sp³-hybridized carbons (Fsp3) is 0.474. The van der Waals surface area contributed by atoms with Gasteiger partial charge >= 0.3 is 0 Å². The van der Waals surface area contributed by atoms with E-state index in [2.05, 4.69) is 16.3 Å². The number of aromatic nitrogens is 2. The second kappa shape index (κ2) is 7.84. The van der Waals surface area contributed by atoms with E-state index in [9.17, 15) is 4.79 Å². The fourth-order valence-electron chi connectivity index (χ4n) is 3.35. The molecule has 3 rings (SSSR count). The molecule has 5 heteroatoms. The van der Waals surface area contributed by atoms with Gasteiger partial charge in [0.1, 0.15) is 0 Å². The van der Waals surface area contributed by atoms with Crippen molar-refractivity contribution in [2.75, 3.05) is 13.1 Å². The van der Waals surface area contributed by atoms with Crippen molar-refractivity contribution in [3.63, 3.8) is 0 Å². The summed E-state index contributed by atoms with van der Waals surface area (Å²) in [6.45, 7) is 3.68. The van der Waals surface area contributed by atoms with Crippen LogP contribution in [0.15, 0.2) is 30.3 Å². The van der Waals surface area contributed by atoms with Gasteiger partial charge in [0, 0.05) is 36.1 Å². The number of carbonyl (C=O) groups is 1. The van der Waals surface area contributed by atoms with E-state index in [0.717, 1.165) is 55.2 Å². The quantitative estimate of drug-likeness (QED) is 0.886. The topological polar surface area (TPSA) is 49.0 Å². The molecular weight excluding hydrogens is 322 g/mol. The van der Waals surface area contributed by atoms with Gasteiger partial charge in [-0.3, -0.25) is 9.89 Å². The minimum Gasteiger partial charge on any atom is -0.342 e. The lowest BCUT2D eigenvalue weighted by atomic mass is 9.94. The third kappa shape index (κ3) is 4.38. The smallest absolute Gasteiger partial charge is 0.222 e. The van der Waals surface area contributed by atoms with E-state index in [4.69, 9.17) is 11.6 Å². The molecule has 1 fully saturated rings. The highest BCUT2D eigenvalue weighted by molar-refractivity contribution is 6.30. The molecule has 2 heterocycles. The molecule has 1 amide bonds. The van der Waals surface area contributed by atoms with Gasteiger partial charge in [-0.15, -0.1) is 0 Å². The molecule has 1 aromatic heterocycles. The van der Waals surface area contributed by atoms with E-state index in [1.807, 2.05) is 36.1 Å². The van der Waals surface area contributed by atoms with E-state index in [1.54, 1.807) is 0 Å². The molecule has 1 aliphatic rings. The molecule has 0 aliphatic carbocycles. The SMILES string of the molecule is Cc1cc([C@H]2CCCN(C(=O)CCCc3ccc(Cl)cc3)C2)n[nH]1. The normalized spacial score (nSPS) is 17.9. The summed E-state index contributed by atoms with van der Waals surface area (Å²) in [4.78, 5) is 14.5. The highest BCUT2D eigenvalue weighted by Crippen LogP contribution is 2.26. The van der Waals surface area contributed by atoms with E-state index < -0.39 is 0 Å². The van der Waals surface area contributed by atoms with E-state index in [1.165, 1.54) is 5.56 Å². The molecule has 0 spiro atoms. The van der Waals surface area contributed by atoms with Crippen LogP contribution in [0.5, 0.6) is 0 Å². The molecule has 1 N–H and O–H groups in total. The maximum absolute atomic E-state index is 12.5. The van der Waals surface area contributed by atoms with Crippen molar-refractivity contribution in [2.24, 2.45) is 0 Å². The molecule has 0 unspecified atom stereocenters. The first-order chi connectivity index (χ1) is 11.6. The molecule has 1 saturated heterocycles. The lowest BCUT2D eigenvalue weighted by Crippen LogP contribution is -2.39. The van der Waals surface area contributed by atoms with E-state index in [-0.39, 0.29) is 5.91 Å². The molecule has 1 aromatic carbocycles. The predicted molar refractivity (Wildman–Crippen MR) is 96.3 cm³/mol. The van der Waals surface area contributed by atoms with Crippen LogP contribution in [0.1, 0.15) is 48.6 Å². The minimum absolute atomic E-state index is 0.265. The summed E-state index contributed by atoms with van der Waals surface area (Å²) in [6.07, 6.45) is 4.56. The Morgan fingerprint density at radius 3 is 2.88 bits per heavy atom. The zero-order chi connectivity index (χ0) is 16.9. The summed E-state index contributed by atoms with van der Waals surface area (Å²) in [7, 11) is 0. The number of rotatable bonds is 5. The largest absolute Gasteiger partial charge is 0.342 e. The Morgan fingerprint density at radius 2 is 2.17 bits per heavy atom. The highest BCUT2D eigenvalue weighted by atomic mass is 35.5. The summed E-state index contributed by atoms with van der Waals surface area (Å²) < 4.78 is 0. The summed E-state index contributed by atoms with van der Waals surface area (Å²) in [5.74, 6) is 0.629. The Hall–Kier alpha value is -1.81. The van der Waals surface area contributed by atoms with Gasteiger partial charge in [0.25, 0.3) is 0 Å². The summed E-state index contributed by atoms with van der Waals surface area (Å²) in [6, 6.07) is 9.96. The predicted octanol–water partition coefficient (Wildman–Crippen LogP) is 4.10. The molecular formula is C19H24ClN3O. The van der Waals surface area contributed by atoms with Crippen LogP contribution in [0.2, 0.25) is 5.02 Å². The van der Waals surface area contributed by atoms with Crippen LogP contribution in [-0.2, 0) is 11.2 Å². The van der Waals surface area contributed by atoms with Crippen molar-refractivity contribution in [3.05, 3.63) is 52.3 Å². The number of piperidine rings is 1. The number of aromatic amines is 1. The van der Waals surface area contributed by atoms with Crippen LogP contribution in [0.25, 0.3) is 0 Å². The average molecular weight is 346 g/mol. The fourth-order valence-corrected chi connectivity index (χ4v) is 3.47. The van der Waals surface area contributed by atoms with Crippen LogP contribution in [0.3, 0.4) is 0 Å². The Balaban J connectivity index is 1.48. The van der Waals surface area contributed by atoms with Gasteiger partial charge in [0.2, 0.25) is 5.91 Å². The van der Waals surface area contributed by atoms with Gasteiger partial charge in [-0.2, -0.15) is 5.10 Å². The number of nitrogens with zero attached hydrogens (tertiary/aromatic N) is 2. The second-order valence-corrected chi connectivity index (χ2v) is 7.07. The molecule has 0 radical (unpaired) electrons. The first kappa shape index (κ1) is 17.0. The minimum atomic E-state index is 0.265. The van der Waals surface area contributed by atoms with Gasteiger partial charge < -0.3 is 4.90 Å². The number of hydrogen-bond acceptors (Lipinski definition) is 2. The number of aryl methyl sites for hydroxylation is 2. The van der Waals surface area contributed by atoms with E-state index >= 15 is 0 Å². The number of benzene rings is 1. The first-order valence-electron chi connectivity index (χ1n) is 8.66. The number of H-pyrrole nitrogens is 1. The number of nitrogens with one attached hydrogen (secondary N) is 1. The zero-order valence-electron chi connectivity index (χ0n) is 14.1. The van der Waals surface area contributed by atoms with Gasteiger partial charge in [-0.05, 0) is 56.4 Å². The molecule has 1 atom stereocenters. The maximum Gasteiger partial charge on any atom is 0.222 e. The van der Waals surface area contributed by atoms with Gasteiger partial charge in [0.05, 0.1) is 5.69 Å². The highest BCUT2D eigenvalue weighted by Gasteiger charge is 2.25. The van der Waals surface area contributed by atoms with Crippen molar-refractivity contribution in [2.45, 2.75) is 44.9 Å². The number of amides is 1. The summed E-state index contributed by atoms with van der Waals surface area (Å²) in [5, 5.41) is 8.12. The molecule has 1 aliphatic heterocycles. The molecule has 24 heavy (non-hydrogen) atoms. The average Bonchev–Trinajstić information content (AvgIpc) is 3.03.